The topological polar surface area (TPSA) is 19.1 Å². The molecule has 3 aromatic heterocycles. The maximum atomic E-state index is 2.71. The van der Waals surface area contributed by atoms with Gasteiger partial charge in [0.2, 0.25) is 0 Å². The van der Waals surface area contributed by atoms with Crippen LogP contribution in [0.15, 0.2) is 388 Å². The van der Waals surface area contributed by atoms with Crippen LogP contribution < -0.4 is 31.1 Å². The maximum Gasteiger partial charge on any atom is 0.252 e. The molecule has 20 aromatic rings. The summed E-state index contributed by atoms with van der Waals surface area (Å²) in [5.74, 6) is 0. The average Bonchev–Trinajstić information content (AvgIpc) is 0.706. The maximum absolute atomic E-state index is 2.71. The summed E-state index contributed by atoms with van der Waals surface area (Å²) in [5.41, 5.74) is 36.5. The van der Waals surface area contributed by atoms with Crippen molar-refractivity contribution in [2.24, 2.45) is 0 Å². The van der Waals surface area contributed by atoms with Gasteiger partial charge in [-0.3, -0.25) is 0 Å². The predicted molar refractivity (Wildman–Crippen MR) is 494 cm³/mol. The lowest BCUT2D eigenvalue weighted by Gasteiger charge is -2.46. The van der Waals surface area contributed by atoms with Crippen LogP contribution in [0.25, 0.3) is 132 Å². The third-order valence-electron chi connectivity index (χ3n) is 24.7. The van der Waals surface area contributed by atoms with Crippen LogP contribution in [0.1, 0.15) is 52.7 Å². The molecule has 0 saturated heterocycles. The first-order valence-electron chi connectivity index (χ1n) is 40.7. The molecule has 0 fully saturated rings. The van der Waals surface area contributed by atoms with Crippen LogP contribution in [0.3, 0.4) is 0 Å². The normalized spacial score (nSPS) is 12.7. The number of benzene rings is 17. The molecule has 0 radical (unpaired) electrons. The van der Waals surface area contributed by atoms with Gasteiger partial charge in [0.05, 0.1) is 39.0 Å². The Morgan fingerprint density at radius 1 is 0.250 bits per heavy atom. The average molecular weight is 1480 g/mol. The van der Waals surface area contributed by atoms with Crippen molar-refractivity contribution in [2.75, 3.05) is 14.7 Å². The fourth-order valence-electron chi connectivity index (χ4n) is 19.2. The van der Waals surface area contributed by atoms with Crippen molar-refractivity contribution >= 4 is 134 Å². The van der Waals surface area contributed by atoms with E-state index in [1.54, 1.807) is 0 Å². The van der Waals surface area contributed by atoms with Crippen LogP contribution in [-0.4, -0.2) is 15.7 Å². The van der Waals surface area contributed by atoms with Gasteiger partial charge in [0, 0.05) is 100 Å². The summed E-state index contributed by atoms with van der Waals surface area (Å²) in [5, 5.41) is 7.42. The first kappa shape index (κ1) is 68.6. The van der Waals surface area contributed by atoms with E-state index in [1.807, 2.05) is 0 Å². The highest BCUT2D eigenvalue weighted by atomic mass is 15.2. The molecular formula is C110H82BN5. The molecule has 17 aromatic carbocycles. The highest BCUT2D eigenvalue weighted by molar-refractivity contribution is 7.00. The minimum atomic E-state index is -0.295. The molecule has 550 valence electrons. The zero-order valence-corrected chi connectivity index (χ0v) is 65.8. The lowest BCUT2D eigenvalue weighted by atomic mass is 9.33. The molecule has 0 bridgehead atoms. The number of hydrogen-bond donors (Lipinski definition) is 0. The van der Waals surface area contributed by atoms with Gasteiger partial charge in [0.15, 0.2) is 0 Å². The van der Waals surface area contributed by atoms with E-state index in [4.69, 9.17) is 0 Å². The van der Waals surface area contributed by atoms with Gasteiger partial charge in [-0.1, -0.05) is 327 Å². The van der Waals surface area contributed by atoms with Crippen molar-refractivity contribution in [3.05, 3.63) is 399 Å². The van der Waals surface area contributed by atoms with Crippen LogP contribution in [-0.2, 0) is 10.8 Å². The molecule has 0 spiro atoms. The first-order chi connectivity index (χ1) is 56.8. The van der Waals surface area contributed by atoms with Gasteiger partial charge in [-0.2, -0.15) is 0 Å². The third-order valence-corrected chi connectivity index (χ3v) is 24.7. The molecule has 5 heterocycles. The number of nitrogens with zero attached hydrogens (tertiary/aromatic N) is 5. The second-order valence-corrected chi connectivity index (χ2v) is 33.6. The number of rotatable bonds is 12. The van der Waals surface area contributed by atoms with Crippen molar-refractivity contribution < 1.29 is 0 Å². The molecule has 2 aliphatic rings. The molecular weight excluding hydrogens is 1400 g/mol. The smallest absolute Gasteiger partial charge is 0.252 e. The molecule has 0 amide bonds. The minimum Gasteiger partial charge on any atom is -0.310 e. The summed E-state index contributed by atoms with van der Waals surface area (Å²) in [6.07, 6.45) is 0. The van der Waals surface area contributed by atoms with Crippen molar-refractivity contribution in [2.45, 2.75) is 52.4 Å². The van der Waals surface area contributed by atoms with Gasteiger partial charge in [-0.25, -0.2) is 0 Å². The highest BCUT2D eigenvalue weighted by Crippen LogP contribution is 2.56. The van der Waals surface area contributed by atoms with E-state index >= 15 is 0 Å². The van der Waals surface area contributed by atoms with Crippen molar-refractivity contribution in [1.82, 2.24) is 8.97 Å². The highest BCUT2D eigenvalue weighted by Gasteiger charge is 2.46. The van der Waals surface area contributed by atoms with Crippen molar-refractivity contribution in [3.63, 3.8) is 0 Å². The van der Waals surface area contributed by atoms with Crippen LogP contribution >= 0.6 is 0 Å². The van der Waals surface area contributed by atoms with Crippen molar-refractivity contribution in [1.29, 1.82) is 0 Å². The van der Waals surface area contributed by atoms with E-state index in [0.717, 1.165) is 135 Å². The summed E-state index contributed by atoms with van der Waals surface area (Å²) in [6, 6.07) is 147. The molecule has 6 heteroatoms. The zero-order chi connectivity index (χ0) is 77.7. The van der Waals surface area contributed by atoms with Crippen LogP contribution in [0, 0.1) is 0 Å². The van der Waals surface area contributed by atoms with Gasteiger partial charge >= 0.3 is 0 Å². The van der Waals surface area contributed by atoms with Gasteiger partial charge in [-0.15, -0.1) is 0 Å². The molecule has 116 heavy (non-hydrogen) atoms. The summed E-state index contributed by atoms with van der Waals surface area (Å²) in [7, 11) is 0. The number of hydrogen-bond acceptors (Lipinski definition) is 3. The first-order valence-corrected chi connectivity index (χ1v) is 40.7. The molecule has 22 rings (SSSR count). The molecule has 2 aliphatic heterocycles. The van der Waals surface area contributed by atoms with Crippen LogP contribution in [0.5, 0.6) is 0 Å². The quantitative estimate of drug-likeness (QED) is 0.114. The Labute approximate surface area is 677 Å². The molecule has 0 atom stereocenters. The second-order valence-electron chi connectivity index (χ2n) is 33.6. The third kappa shape index (κ3) is 11.0. The fourth-order valence-corrected chi connectivity index (χ4v) is 19.2. The van der Waals surface area contributed by atoms with Gasteiger partial charge < -0.3 is 23.7 Å². The Bertz CT molecular complexity index is 7080. The number of aromatic nitrogens is 2. The molecule has 0 unspecified atom stereocenters. The van der Waals surface area contributed by atoms with E-state index in [0.29, 0.717) is 0 Å². The lowest BCUT2D eigenvalue weighted by Crippen LogP contribution is -2.61. The largest absolute Gasteiger partial charge is 0.310 e. The van der Waals surface area contributed by atoms with E-state index in [9.17, 15) is 0 Å². The molecule has 5 nitrogen and oxygen atoms in total. The predicted octanol–water partition coefficient (Wildman–Crippen LogP) is 28.1. The summed E-state index contributed by atoms with van der Waals surface area (Å²) >= 11 is 0. The van der Waals surface area contributed by atoms with E-state index < -0.39 is 0 Å². The fraction of sp³-hybridized carbons (Fsp3) is 0.0727. The molecule has 0 saturated carbocycles. The summed E-state index contributed by atoms with van der Waals surface area (Å²) in [6.45, 7) is 13.5. The number of anilines is 9. The number of fused-ring (bicyclic) bond motifs is 13. The van der Waals surface area contributed by atoms with Crippen molar-refractivity contribution in [3.8, 4) is 72.4 Å². The lowest BCUT2D eigenvalue weighted by molar-refractivity contribution is 0.590. The Hall–Kier alpha value is -14.2. The second kappa shape index (κ2) is 26.7. The minimum absolute atomic E-state index is 0.0524. The Morgan fingerprint density at radius 3 is 1.11 bits per heavy atom. The SMILES string of the molecule is CC(C)(C)c1ccc(N(c2ccc(C(C)(C)C)cc2)c2ccc3c(c2)N(c2c(-c4ccccc4)cccc2-c2ccccc2)c2cc(-c4ccc5c(c4)c4ccccc4n5-c4ccccc4)cc4c2B3c2ccc(-c3ccc5c(c3)c3cccc6c7ccccc7n5c63)cc2N4c2c(-c3ccccc3)cccc2-c2ccccc2)cc1. The number of para-hydroxylation sites is 6. The standard InChI is InChI=1S/C110H82BN5/c1-109(2,3)79-52-56-82(57-53-79)112(83-58-54-80(55-59-83)110(4,5)6)84-60-62-96-102(70-84)116(107-87(73-33-16-9-17-34-73)43-27-44-88(107)74-35-18-10-19-36-74)104-69-78(76-51-63-99-93(66-76)90-40-23-24-47-97(90)113(99)81-37-20-11-21-38-81)68-103-105(104)111(96)95-61-49-77(75-50-64-100-94(65-75)92-46-28-45-91-89-39-22-25-48-98(89)114(100)108(91)92)67-101(95)115(103)106-85(71-29-12-7-13-30-71)41-26-42-86(106)72-31-14-8-15-32-72/h7-70H,1-6H3. The summed E-state index contributed by atoms with van der Waals surface area (Å²) < 4.78 is 4.92. The van der Waals surface area contributed by atoms with Crippen LogP contribution in [0.2, 0.25) is 0 Å². The van der Waals surface area contributed by atoms with Crippen LogP contribution in [0.4, 0.5) is 51.2 Å². The Kier molecular flexibility index (Phi) is 15.8. The Balaban J connectivity index is 0.888. The zero-order valence-electron chi connectivity index (χ0n) is 65.8. The van der Waals surface area contributed by atoms with Gasteiger partial charge in [0.25, 0.3) is 6.71 Å². The van der Waals surface area contributed by atoms with E-state index in [-0.39, 0.29) is 17.5 Å². The van der Waals surface area contributed by atoms with Gasteiger partial charge in [0.1, 0.15) is 0 Å². The molecule has 0 aliphatic carbocycles. The summed E-state index contributed by atoms with van der Waals surface area (Å²) in [4.78, 5) is 7.90. The van der Waals surface area contributed by atoms with E-state index in [1.165, 1.54) is 76.4 Å². The van der Waals surface area contributed by atoms with Gasteiger partial charge in [-0.05, 0) is 186 Å². The molecule has 0 N–H and O–H groups in total. The Morgan fingerprint density at radius 2 is 0.603 bits per heavy atom. The van der Waals surface area contributed by atoms with E-state index in [2.05, 4.69) is 453 Å². The monoisotopic (exact) mass is 1480 g/mol.